The molecule has 0 spiro atoms. The molecular formula is C18H32N4O3. The van der Waals surface area contributed by atoms with Crippen LogP contribution < -0.4 is 5.32 Å². The minimum Gasteiger partial charge on any atom is -0.444 e. The van der Waals surface area contributed by atoms with Gasteiger partial charge in [0.05, 0.1) is 25.6 Å². The summed E-state index contributed by atoms with van der Waals surface area (Å²) in [5.41, 5.74) is -0.475. The van der Waals surface area contributed by atoms with Crippen molar-refractivity contribution in [2.75, 3.05) is 26.3 Å². The van der Waals surface area contributed by atoms with E-state index in [-0.39, 0.29) is 12.1 Å². The van der Waals surface area contributed by atoms with Crippen molar-refractivity contribution in [2.45, 2.75) is 64.8 Å². The summed E-state index contributed by atoms with van der Waals surface area (Å²) in [5, 5.41) is 3.53. The SMILES string of the molecule is CC(CC1COCCN1C(=O)OC(C)(C)C)NCCCn1ccnc1. The number of aryl methyl sites for hydroxylation is 1. The van der Waals surface area contributed by atoms with Gasteiger partial charge in [0.1, 0.15) is 5.60 Å². The average Bonchev–Trinajstić information content (AvgIpc) is 3.04. The Labute approximate surface area is 150 Å². The molecule has 0 aliphatic carbocycles. The number of aromatic nitrogens is 2. The zero-order chi connectivity index (χ0) is 18.3. The largest absolute Gasteiger partial charge is 0.444 e. The molecule has 1 N–H and O–H groups in total. The number of carbonyl (C=O) groups excluding carboxylic acids is 1. The monoisotopic (exact) mass is 352 g/mol. The number of hydrogen-bond donors (Lipinski definition) is 1. The van der Waals surface area contributed by atoms with Crippen molar-refractivity contribution >= 4 is 6.09 Å². The number of amides is 1. The molecule has 1 aliphatic heterocycles. The molecule has 1 fully saturated rings. The minimum atomic E-state index is -0.475. The first-order chi connectivity index (χ1) is 11.8. The molecule has 142 valence electrons. The Morgan fingerprint density at radius 1 is 1.48 bits per heavy atom. The van der Waals surface area contributed by atoms with E-state index in [1.54, 1.807) is 6.20 Å². The topological polar surface area (TPSA) is 68.6 Å². The van der Waals surface area contributed by atoms with Crippen LogP contribution in [0.15, 0.2) is 18.7 Å². The Balaban J connectivity index is 1.74. The number of morpholine rings is 1. The van der Waals surface area contributed by atoms with Gasteiger partial charge in [0.2, 0.25) is 0 Å². The van der Waals surface area contributed by atoms with E-state index in [9.17, 15) is 4.79 Å². The number of hydrogen-bond acceptors (Lipinski definition) is 5. The van der Waals surface area contributed by atoms with Gasteiger partial charge in [-0.2, -0.15) is 0 Å². The van der Waals surface area contributed by atoms with E-state index in [0.717, 1.165) is 25.9 Å². The second-order valence-corrected chi connectivity index (χ2v) is 7.65. The summed E-state index contributed by atoms with van der Waals surface area (Å²) in [6, 6.07) is 0.360. The van der Waals surface area contributed by atoms with Crippen molar-refractivity contribution in [3.05, 3.63) is 18.7 Å². The van der Waals surface area contributed by atoms with Gasteiger partial charge in [-0.1, -0.05) is 0 Å². The third-order valence-corrected chi connectivity index (χ3v) is 4.13. The van der Waals surface area contributed by atoms with E-state index in [4.69, 9.17) is 9.47 Å². The van der Waals surface area contributed by atoms with Crippen LogP contribution in [0.2, 0.25) is 0 Å². The summed E-state index contributed by atoms with van der Waals surface area (Å²) in [6.07, 6.45) is 7.25. The van der Waals surface area contributed by atoms with E-state index in [0.29, 0.717) is 25.8 Å². The van der Waals surface area contributed by atoms with Gasteiger partial charge in [-0.3, -0.25) is 0 Å². The van der Waals surface area contributed by atoms with Gasteiger partial charge in [-0.05, 0) is 47.1 Å². The minimum absolute atomic E-state index is 0.0553. The van der Waals surface area contributed by atoms with Crippen LogP contribution in [0.4, 0.5) is 4.79 Å². The molecule has 2 unspecified atom stereocenters. The molecule has 7 nitrogen and oxygen atoms in total. The number of nitrogens with zero attached hydrogens (tertiary/aromatic N) is 3. The molecule has 2 rings (SSSR count). The Kier molecular flexibility index (Phi) is 7.25. The van der Waals surface area contributed by atoms with Crippen molar-refractivity contribution in [3.63, 3.8) is 0 Å². The molecule has 25 heavy (non-hydrogen) atoms. The second kappa shape index (κ2) is 9.20. The maximum Gasteiger partial charge on any atom is 0.410 e. The predicted octanol–water partition coefficient (Wildman–Crippen LogP) is 2.28. The van der Waals surface area contributed by atoms with Crippen molar-refractivity contribution in [1.82, 2.24) is 19.8 Å². The number of rotatable bonds is 7. The van der Waals surface area contributed by atoms with Crippen LogP contribution in [0.25, 0.3) is 0 Å². The molecule has 2 heterocycles. The fourth-order valence-corrected chi connectivity index (χ4v) is 2.93. The Morgan fingerprint density at radius 3 is 2.96 bits per heavy atom. The van der Waals surface area contributed by atoms with Crippen LogP contribution in [0.5, 0.6) is 0 Å². The van der Waals surface area contributed by atoms with Gasteiger partial charge >= 0.3 is 6.09 Å². The summed E-state index contributed by atoms with van der Waals surface area (Å²) in [6.45, 7) is 11.4. The lowest BCUT2D eigenvalue weighted by molar-refractivity contribution is -0.0355. The van der Waals surface area contributed by atoms with E-state index in [1.165, 1.54) is 0 Å². The van der Waals surface area contributed by atoms with Crippen molar-refractivity contribution in [2.24, 2.45) is 0 Å². The molecule has 0 saturated carbocycles. The number of imidazole rings is 1. The third kappa shape index (κ3) is 7.04. The normalized spacial score (nSPS) is 19.7. The fraction of sp³-hybridized carbons (Fsp3) is 0.778. The van der Waals surface area contributed by atoms with Gasteiger partial charge in [-0.15, -0.1) is 0 Å². The molecule has 1 saturated heterocycles. The molecular weight excluding hydrogens is 320 g/mol. The predicted molar refractivity (Wildman–Crippen MR) is 96.5 cm³/mol. The first kappa shape index (κ1) is 19.7. The average molecular weight is 352 g/mol. The van der Waals surface area contributed by atoms with Crippen LogP contribution in [0.3, 0.4) is 0 Å². The van der Waals surface area contributed by atoms with E-state index < -0.39 is 5.60 Å². The zero-order valence-electron chi connectivity index (χ0n) is 15.9. The highest BCUT2D eigenvalue weighted by atomic mass is 16.6. The highest BCUT2D eigenvalue weighted by Crippen LogP contribution is 2.17. The molecule has 1 aromatic rings. The lowest BCUT2D eigenvalue weighted by Crippen LogP contribution is -2.52. The molecule has 1 amide bonds. The molecule has 7 heteroatoms. The second-order valence-electron chi connectivity index (χ2n) is 7.65. The first-order valence-corrected chi connectivity index (χ1v) is 9.11. The number of carbonyl (C=O) groups is 1. The molecule has 0 radical (unpaired) electrons. The Morgan fingerprint density at radius 2 is 2.28 bits per heavy atom. The van der Waals surface area contributed by atoms with E-state index >= 15 is 0 Å². The highest BCUT2D eigenvalue weighted by molar-refractivity contribution is 5.68. The smallest absolute Gasteiger partial charge is 0.410 e. The summed E-state index contributed by atoms with van der Waals surface area (Å²) < 4.78 is 13.2. The third-order valence-electron chi connectivity index (χ3n) is 4.13. The zero-order valence-corrected chi connectivity index (χ0v) is 15.9. The maximum absolute atomic E-state index is 12.4. The first-order valence-electron chi connectivity index (χ1n) is 9.11. The summed E-state index contributed by atoms with van der Waals surface area (Å²) in [4.78, 5) is 18.3. The molecule has 0 bridgehead atoms. The molecule has 2 atom stereocenters. The standard InChI is InChI=1S/C18H32N4O3/c1-15(20-6-5-8-21-9-7-19-14-21)12-16-13-24-11-10-22(16)17(23)25-18(2,3)4/h7,9,14-16,20H,5-6,8,10-13H2,1-4H3. The lowest BCUT2D eigenvalue weighted by Gasteiger charge is -2.37. The van der Waals surface area contributed by atoms with E-state index in [2.05, 4.69) is 21.8 Å². The van der Waals surface area contributed by atoms with Gasteiger partial charge in [0.15, 0.2) is 0 Å². The quantitative estimate of drug-likeness (QED) is 0.763. The number of ether oxygens (including phenoxy) is 2. The highest BCUT2D eigenvalue weighted by Gasteiger charge is 2.31. The van der Waals surface area contributed by atoms with Crippen LogP contribution in [0.1, 0.15) is 40.5 Å². The van der Waals surface area contributed by atoms with Crippen LogP contribution in [-0.4, -0.2) is 64.5 Å². The van der Waals surface area contributed by atoms with Gasteiger partial charge in [0.25, 0.3) is 0 Å². The maximum atomic E-state index is 12.4. The fourth-order valence-electron chi connectivity index (χ4n) is 2.93. The summed E-state index contributed by atoms with van der Waals surface area (Å²) >= 11 is 0. The van der Waals surface area contributed by atoms with Crippen LogP contribution in [0, 0.1) is 0 Å². The van der Waals surface area contributed by atoms with Crippen LogP contribution >= 0.6 is 0 Å². The van der Waals surface area contributed by atoms with Gasteiger partial charge < -0.3 is 24.3 Å². The van der Waals surface area contributed by atoms with E-state index in [1.807, 2.05) is 38.2 Å². The number of nitrogens with one attached hydrogen (secondary N) is 1. The van der Waals surface area contributed by atoms with Crippen LogP contribution in [-0.2, 0) is 16.0 Å². The van der Waals surface area contributed by atoms with Crippen molar-refractivity contribution < 1.29 is 14.3 Å². The van der Waals surface area contributed by atoms with Crippen molar-refractivity contribution in [1.29, 1.82) is 0 Å². The summed E-state index contributed by atoms with van der Waals surface area (Å²) in [5.74, 6) is 0. The molecule has 1 aliphatic rings. The Bertz CT molecular complexity index is 513. The molecule has 1 aromatic heterocycles. The Hall–Kier alpha value is -1.60. The molecule has 0 aromatic carbocycles. The summed E-state index contributed by atoms with van der Waals surface area (Å²) in [7, 11) is 0. The van der Waals surface area contributed by atoms with Crippen molar-refractivity contribution in [3.8, 4) is 0 Å². The van der Waals surface area contributed by atoms with Gasteiger partial charge in [0, 0.05) is 31.5 Å². The lowest BCUT2D eigenvalue weighted by atomic mass is 10.1. The van der Waals surface area contributed by atoms with Gasteiger partial charge in [-0.25, -0.2) is 9.78 Å².